The Kier molecular flexibility index (Phi) is 43.7. The van der Waals surface area contributed by atoms with Crippen LogP contribution in [0.4, 0.5) is 0 Å². The summed E-state index contributed by atoms with van der Waals surface area (Å²) in [5.74, 6) is -8.37. The van der Waals surface area contributed by atoms with Crippen LogP contribution in [0.5, 0.6) is 0 Å². The lowest BCUT2D eigenvalue weighted by molar-refractivity contribution is -0.137. The lowest BCUT2D eigenvalue weighted by Gasteiger charge is -2.30. The summed E-state index contributed by atoms with van der Waals surface area (Å²) in [6.45, 7) is 13.0. The maximum atomic E-state index is 14.8. The Morgan fingerprint density at radius 2 is 0.557 bits per heavy atom. The number of nitrogens with one attached hydrogen (secondary N) is 10. The Balaban J connectivity index is 2.51. The number of primary amides is 1. The second-order valence-corrected chi connectivity index (χ2v) is 26.3. The number of hydrogen-bond acceptors (Lipinski definition) is 18. The van der Waals surface area contributed by atoms with Crippen molar-refractivity contribution in [3.8, 4) is 0 Å². The highest BCUT2D eigenvalue weighted by Gasteiger charge is 2.38. The molecule has 0 aliphatic carbocycles. The van der Waals surface area contributed by atoms with E-state index in [0.717, 1.165) is 12.8 Å². The molecule has 10 amide bonds. The van der Waals surface area contributed by atoms with E-state index in [9.17, 15) is 47.9 Å². The molecule has 11 atom stereocenters. The van der Waals surface area contributed by atoms with Crippen LogP contribution in [0.25, 0.3) is 0 Å². The zero-order valence-corrected chi connectivity index (χ0v) is 58.6. The third kappa shape index (κ3) is 34.2. The largest absolute Gasteiger partial charge is 0.368 e. The standard InChI is InChI=1S/C69H122N18O10/c1-44(2)57(67(95)82-53(33-17-23-39-74)63(91)83-55(41-47-25-9-7-10-26-47)65(93)80-52(32-16-22-38-73)62(90)79-50(60(77)88)30-14-20-36-71)86-64(92)54(34-18-24-40-75)81-66(94)56(42-48-27-11-8-12-28-48)84-68(96)58(45(3)4)87-69(97)59(46(5)6)85-61(89)51(31-15-21-37-72)78-43-49(76)29-13-19-35-70/h7-12,25-28,44-46,49-59,78H,13-24,29-43,70-76H2,1-6H3,(H2,77,88)(H,79,90)(H,80,93)(H,81,94)(H,82,95)(H,83,91)(H,84,96)(H,85,89)(H,86,92)(H,87,97)/t49-,50-,51+,52+,53+,54+,55+,56+,57+,58+,59+/m1/s1. The predicted octanol–water partition coefficient (Wildman–Crippen LogP) is -0.652. The monoisotopic (exact) mass is 1360 g/mol. The van der Waals surface area contributed by atoms with Gasteiger partial charge in [0.25, 0.3) is 0 Å². The number of benzene rings is 2. The van der Waals surface area contributed by atoms with Crippen LogP contribution in [0.1, 0.15) is 168 Å². The first kappa shape index (κ1) is 85.9. The number of amides is 10. The van der Waals surface area contributed by atoms with Gasteiger partial charge in [0.05, 0.1) is 6.04 Å². The van der Waals surface area contributed by atoms with E-state index in [4.69, 9.17) is 45.9 Å². The molecule has 0 aliphatic rings. The van der Waals surface area contributed by atoms with Crippen molar-refractivity contribution in [2.45, 2.75) is 236 Å². The second kappa shape index (κ2) is 49.3. The Morgan fingerprint density at radius 3 is 0.897 bits per heavy atom. The van der Waals surface area contributed by atoms with Crippen molar-refractivity contribution in [2.75, 3.05) is 45.8 Å². The summed E-state index contributed by atoms with van der Waals surface area (Å²) in [7, 11) is 0. The molecule has 0 heterocycles. The molecule has 97 heavy (non-hydrogen) atoms. The molecular formula is C69H122N18O10. The number of hydrogen-bond donors (Lipinski definition) is 18. The molecule has 2 aromatic carbocycles. The number of rotatable bonds is 53. The van der Waals surface area contributed by atoms with Crippen molar-refractivity contribution in [3.63, 3.8) is 0 Å². The maximum Gasteiger partial charge on any atom is 0.243 e. The lowest BCUT2D eigenvalue weighted by atomic mass is 9.98. The number of nitrogens with two attached hydrogens (primary N) is 8. The molecule has 0 aromatic heterocycles. The van der Waals surface area contributed by atoms with E-state index in [1.54, 1.807) is 102 Å². The highest BCUT2D eigenvalue weighted by molar-refractivity contribution is 5.99. The maximum absolute atomic E-state index is 14.8. The second-order valence-electron chi connectivity index (χ2n) is 26.3. The van der Waals surface area contributed by atoms with Gasteiger partial charge < -0.3 is 99.0 Å². The molecule has 0 saturated heterocycles. The van der Waals surface area contributed by atoms with Crippen molar-refractivity contribution >= 4 is 59.1 Å². The van der Waals surface area contributed by atoms with E-state index in [0.29, 0.717) is 121 Å². The van der Waals surface area contributed by atoms with Gasteiger partial charge in [-0.05, 0) is 171 Å². The summed E-state index contributed by atoms with van der Waals surface area (Å²) in [6.07, 6.45) is 8.37. The van der Waals surface area contributed by atoms with Gasteiger partial charge in [0, 0.05) is 25.4 Å². The minimum Gasteiger partial charge on any atom is -0.368 e. The van der Waals surface area contributed by atoms with E-state index in [-0.39, 0.29) is 57.7 Å². The highest BCUT2D eigenvalue weighted by atomic mass is 16.2. The average molecular weight is 1360 g/mol. The van der Waals surface area contributed by atoms with Crippen LogP contribution < -0.4 is 99.0 Å². The van der Waals surface area contributed by atoms with Crippen molar-refractivity contribution in [1.29, 1.82) is 0 Å². The molecule has 2 aromatic rings. The number of unbranched alkanes of at least 4 members (excludes halogenated alkanes) is 6. The van der Waals surface area contributed by atoms with E-state index in [1.165, 1.54) is 0 Å². The quantitative estimate of drug-likeness (QED) is 0.0366. The smallest absolute Gasteiger partial charge is 0.243 e. The normalized spacial score (nSPS) is 14.8. The van der Waals surface area contributed by atoms with Crippen LogP contribution in [-0.2, 0) is 60.8 Å². The van der Waals surface area contributed by atoms with Gasteiger partial charge in [0.15, 0.2) is 0 Å². The SMILES string of the molecule is CC(C)[C@H](NC(=O)[C@H](CCCCN)NC(=O)[C@H](Cc1ccccc1)NC(=O)[C@@H](NC(=O)[C@@H](NC(=O)[C@H](CCCCN)NC[C@H](N)CCCCN)C(C)C)C(C)C)C(=O)N[C@@H](CCCCN)C(=O)N[C@@H](Cc1ccccc1)C(=O)N[C@@H](CCCCN)C(=O)N[C@H](CCCCN)C(N)=O. The van der Waals surface area contributed by atoms with Crippen molar-refractivity contribution < 1.29 is 47.9 Å². The minimum absolute atomic E-state index is 0.0299. The summed E-state index contributed by atoms with van der Waals surface area (Å²) >= 11 is 0. The molecule has 26 N–H and O–H groups in total. The van der Waals surface area contributed by atoms with Crippen molar-refractivity contribution in [1.82, 2.24) is 53.2 Å². The predicted molar refractivity (Wildman–Crippen MR) is 379 cm³/mol. The van der Waals surface area contributed by atoms with Crippen LogP contribution in [0.15, 0.2) is 60.7 Å². The van der Waals surface area contributed by atoms with Gasteiger partial charge in [0.2, 0.25) is 59.1 Å². The van der Waals surface area contributed by atoms with Gasteiger partial charge in [-0.15, -0.1) is 0 Å². The summed E-state index contributed by atoms with van der Waals surface area (Å²) < 4.78 is 0. The fourth-order valence-corrected chi connectivity index (χ4v) is 10.9. The first-order valence-electron chi connectivity index (χ1n) is 35.2. The van der Waals surface area contributed by atoms with E-state index >= 15 is 0 Å². The van der Waals surface area contributed by atoms with Gasteiger partial charge in [0.1, 0.15) is 54.4 Å². The van der Waals surface area contributed by atoms with Crippen LogP contribution >= 0.6 is 0 Å². The van der Waals surface area contributed by atoms with Crippen LogP contribution in [0, 0.1) is 17.8 Å². The van der Waals surface area contributed by atoms with Gasteiger partial charge >= 0.3 is 0 Å². The van der Waals surface area contributed by atoms with Gasteiger partial charge in [-0.3, -0.25) is 47.9 Å². The number of carbonyl (C=O) groups is 10. The average Bonchev–Trinajstić information content (AvgIpc) is 0.877. The third-order valence-electron chi connectivity index (χ3n) is 16.8. The summed E-state index contributed by atoms with van der Waals surface area (Å²) in [5, 5.41) is 28.7. The molecule has 28 heteroatoms. The molecular weight excluding hydrogens is 1240 g/mol. The Labute approximate surface area is 575 Å². The summed E-state index contributed by atoms with van der Waals surface area (Å²) in [5.41, 5.74) is 48.1. The molecule has 0 saturated carbocycles. The zero-order chi connectivity index (χ0) is 72.2. The van der Waals surface area contributed by atoms with Crippen LogP contribution in [0.3, 0.4) is 0 Å². The first-order valence-corrected chi connectivity index (χ1v) is 35.2. The Hall–Kier alpha value is -7.18. The van der Waals surface area contributed by atoms with Crippen molar-refractivity contribution in [3.05, 3.63) is 71.8 Å². The fourth-order valence-electron chi connectivity index (χ4n) is 10.9. The van der Waals surface area contributed by atoms with Crippen LogP contribution in [0.2, 0.25) is 0 Å². The Morgan fingerprint density at radius 1 is 0.309 bits per heavy atom. The van der Waals surface area contributed by atoms with Gasteiger partial charge in [-0.2, -0.15) is 0 Å². The summed E-state index contributed by atoms with van der Waals surface area (Å²) in [6, 6.07) is 5.94. The molecule has 0 radical (unpaired) electrons. The molecule has 28 nitrogen and oxygen atoms in total. The first-order chi connectivity index (χ1) is 46.3. The van der Waals surface area contributed by atoms with Crippen LogP contribution in [-0.4, -0.2) is 171 Å². The third-order valence-corrected chi connectivity index (χ3v) is 16.8. The lowest BCUT2D eigenvalue weighted by Crippen LogP contribution is -2.62. The van der Waals surface area contributed by atoms with Crippen molar-refractivity contribution in [2.24, 2.45) is 63.6 Å². The summed E-state index contributed by atoms with van der Waals surface area (Å²) in [4.78, 5) is 142. The Bertz CT molecular complexity index is 2640. The molecule has 0 unspecified atom stereocenters. The van der Waals surface area contributed by atoms with Gasteiger partial charge in [-0.1, -0.05) is 115 Å². The fraction of sp³-hybridized carbons (Fsp3) is 0.681. The molecule has 548 valence electrons. The highest BCUT2D eigenvalue weighted by Crippen LogP contribution is 2.15. The van der Waals surface area contributed by atoms with Gasteiger partial charge in [-0.25, -0.2) is 0 Å². The molecule has 0 spiro atoms. The molecule has 2 rings (SSSR count). The molecule has 0 bridgehead atoms. The molecule has 0 fully saturated rings. The topological polar surface area (TPSA) is 499 Å². The van der Waals surface area contributed by atoms with E-state index in [1.807, 2.05) is 0 Å². The number of carbonyl (C=O) groups excluding carboxylic acids is 10. The zero-order valence-electron chi connectivity index (χ0n) is 58.6. The molecule has 0 aliphatic heterocycles. The van der Waals surface area contributed by atoms with E-state index in [2.05, 4.69) is 53.2 Å². The minimum atomic E-state index is -1.31. The van der Waals surface area contributed by atoms with E-state index < -0.39 is 137 Å².